The fourth-order valence-corrected chi connectivity index (χ4v) is 2.22. The molecule has 2 atom stereocenters. The third-order valence-corrected chi connectivity index (χ3v) is 2.90. The predicted molar refractivity (Wildman–Crippen MR) is 59.8 cm³/mol. The zero-order chi connectivity index (χ0) is 13.3. The van der Waals surface area contributed by atoms with E-state index in [1.165, 1.54) is 12.1 Å². The smallest absolute Gasteiger partial charge is 0.387 e. The second-order valence-corrected chi connectivity index (χ2v) is 4.25. The monoisotopic (exact) mass is 257 g/mol. The molecule has 0 spiro atoms. The van der Waals surface area contributed by atoms with Crippen molar-refractivity contribution in [3.05, 3.63) is 29.3 Å². The van der Waals surface area contributed by atoms with Crippen molar-refractivity contribution in [2.24, 2.45) is 0 Å². The molecule has 1 aliphatic heterocycles. The van der Waals surface area contributed by atoms with Crippen LogP contribution in [0.5, 0.6) is 5.75 Å². The average Bonchev–Trinajstić information content (AvgIpc) is 2.28. The van der Waals surface area contributed by atoms with E-state index in [0.29, 0.717) is 17.5 Å². The molecule has 1 aromatic carbocycles. The fourth-order valence-electron chi connectivity index (χ4n) is 2.22. The summed E-state index contributed by atoms with van der Waals surface area (Å²) in [6.45, 7) is -1.11. The summed E-state index contributed by atoms with van der Waals surface area (Å²) >= 11 is 0. The lowest BCUT2D eigenvalue weighted by Crippen LogP contribution is -2.41. The van der Waals surface area contributed by atoms with Crippen molar-refractivity contribution in [3.8, 4) is 5.75 Å². The van der Waals surface area contributed by atoms with E-state index in [2.05, 4.69) is 10.1 Å². The number of alkyl halides is 2. The molecule has 0 saturated carbocycles. The van der Waals surface area contributed by atoms with E-state index in [9.17, 15) is 13.6 Å². The summed E-state index contributed by atoms with van der Waals surface area (Å²) in [4.78, 5) is 11.1. The molecular weight excluding hydrogens is 244 g/mol. The lowest BCUT2D eigenvalue weighted by molar-refractivity contribution is -0.140. The first-order valence-corrected chi connectivity index (χ1v) is 5.54. The molecule has 1 aliphatic rings. The van der Waals surface area contributed by atoms with Crippen LogP contribution >= 0.6 is 0 Å². The minimum Gasteiger partial charge on any atom is -0.480 e. The Morgan fingerprint density at radius 1 is 1.56 bits per heavy atom. The van der Waals surface area contributed by atoms with E-state index in [4.69, 9.17) is 5.11 Å². The first-order valence-electron chi connectivity index (χ1n) is 5.54. The molecule has 98 valence electrons. The Labute approximate surface area is 103 Å². The van der Waals surface area contributed by atoms with E-state index in [-0.39, 0.29) is 11.8 Å². The van der Waals surface area contributed by atoms with E-state index >= 15 is 0 Å². The highest BCUT2D eigenvalue weighted by Crippen LogP contribution is 2.33. The molecule has 2 unspecified atom stereocenters. The molecule has 0 bridgehead atoms. The molecule has 4 nitrogen and oxygen atoms in total. The topological polar surface area (TPSA) is 58.6 Å². The Hall–Kier alpha value is -1.69. The highest BCUT2D eigenvalue weighted by molar-refractivity contribution is 5.77. The zero-order valence-electron chi connectivity index (χ0n) is 9.69. The lowest BCUT2D eigenvalue weighted by atomic mass is 9.90. The first kappa shape index (κ1) is 12.8. The molecule has 0 aliphatic carbocycles. The maximum absolute atomic E-state index is 12.3. The van der Waals surface area contributed by atoms with Crippen LogP contribution in [-0.2, 0) is 11.2 Å². The molecule has 0 fully saturated rings. The quantitative estimate of drug-likeness (QED) is 0.869. The van der Waals surface area contributed by atoms with Gasteiger partial charge in [0.2, 0.25) is 0 Å². The molecule has 6 heteroatoms. The number of hydrogen-bond acceptors (Lipinski definition) is 3. The van der Waals surface area contributed by atoms with Gasteiger partial charge in [-0.3, -0.25) is 10.1 Å². The first-order chi connectivity index (χ1) is 8.49. The number of benzene rings is 1. The van der Waals surface area contributed by atoms with Crippen LogP contribution in [-0.4, -0.2) is 23.7 Å². The van der Waals surface area contributed by atoms with Crippen molar-refractivity contribution < 1.29 is 23.4 Å². The van der Waals surface area contributed by atoms with Gasteiger partial charge in [-0.15, -0.1) is 0 Å². The summed E-state index contributed by atoms with van der Waals surface area (Å²) in [5, 5.41) is 12.0. The fraction of sp³-hybridized carbons (Fsp3) is 0.417. The second kappa shape index (κ2) is 4.89. The summed E-state index contributed by atoms with van der Waals surface area (Å²) in [6, 6.07) is 3.57. The van der Waals surface area contributed by atoms with Crippen LogP contribution < -0.4 is 10.1 Å². The summed E-state index contributed by atoms with van der Waals surface area (Å²) in [7, 11) is 0. The van der Waals surface area contributed by atoms with Gasteiger partial charge in [0, 0.05) is 11.6 Å². The third-order valence-electron chi connectivity index (χ3n) is 2.90. The summed E-state index contributed by atoms with van der Waals surface area (Å²) in [5.41, 5.74) is 1.02. The maximum atomic E-state index is 12.3. The summed E-state index contributed by atoms with van der Waals surface area (Å²) in [6.07, 6.45) is 0.460. The SMILES string of the molecule is CC1Cc2c(OC(F)F)cccc2C(C(=O)O)N1. The molecule has 0 radical (unpaired) electrons. The molecule has 0 amide bonds. The van der Waals surface area contributed by atoms with Gasteiger partial charge in [0.1, 0.15) is 11.8 Å². The van der Waals surface area contributed by atoms with Gasteiger partial charge in [0.25, 0.3) is 0 Å². The largest absolute Gasteiger partial charge is 0.480 e. The van der Waals surface area contributed by atoms with Crippen LogP contribution in [0.3, 0.4) is 0 Å². The van der Waals surface area contributed by atoms with E-state index in [1.807, 2.05) is 0 Å². The van der Waals surface area contributed by atoms with Gasteiger partial charge in [0.05, 0.1) is 0 Å². The van der Waals surface area contributed by atoms with Gasteiger partial charge in [-0.05, 0) is 25.0 Å². The van der Waals surface area contributed by atoms with E-state index in [1.54, 1.807) is 13.0 Å². The molecule has 0 saturated heterocycles. The van der Waals surface area contributed by atoms with Crippen LogP contribution in [0.1, 0.15) is 24.1 Å². The zero-order valence-corrected chi connectivity index (χ0v) is 9.69. The number of hydrogen-bond donors (Lipinski definition) is 2. The van der Waals surface area contributed by atoms with Crippen molar-refractivity contribution in [1.82, 2.24) is 5.32 Å². The number of halogens is 2. The molecule has 1 heterocycles. The minimum absolute atomic E-state index is 0.0575. The van der Waals surface area contributed by atoms with Gasteiger partial charge in [-0.25, -0.2) is 0 Å². The number of nitrogens with one attached hydrogen (secondary N) is 1. The molecule has 2 rings (SSSR count). The maximum Gasteiger partial charge on any atom is 0.387 e. The Morgan fingerprint density at radius 3 is 2.89 bits per heavy atom. The highest BCUT2D eigenvalue weighted by atomic mass is 19.3. The van der Waals surface area contributed by atoms with Crippen molar-refractivity contribution in [2.45, 2.75) is 32.0 Å². The number of carbonyl (C=O) groups is 1. The predicted octanol–water partition coefficient (Wildman–Crippen LogP) is 1.95. The van der Waals surface area contributed by atoms with Crippen molar-refractivity contribution in [2.75, 3.05) is 0 Å². The number of aliphatic carboxylic acids is 1. The van der Waals surface area contributed by atoms with Crippen LogP contribution in [0, 0.1) is 0 Å². The van der Waals surface area contributed by atoms with Gasteiger partial charge < -0.3 is 9.84 Å². The van der Waals surface area contributed by atoms with E-state index in [0.717, 1.165) is 0 Å². The van der Waals surface area contributed by atoms with Crippen molar-refractivity contribution >= 4 is 5.97 Å². The van der Waals surface area contributed by atoms with Gasteiger partial charge in [-0.2, -0.15) is 8.78 Å². The van der Waals surface area contributed by atoms with Crippen LogP contribution in [0.2, 0.25) is 0 Å². The Bertz CT molecular complexity index is 465. The highest BCUT2D eigenvalue weighted by Gasteiger charge is 2.31. The molecule has 18 heavy (non-hydrogen) atoms. The second-order valence-electron chi connectivity index (χ2n) is 4.25. The van der Waals surface area contributed by atoms with Gasteiger partial charge in [-0.1, -0.05) is 12.1 Å². The number of carboxylic acids is 1. The van der Waals surface area contributed by atoms with Crippen LogP contribution in [0.15, 0.2) is 18.2 Å². The van der Waals surface area contributed by atoms with Crippen LogP contribution in [0.4, 0.5) is 8.78 Å². The molecular formula is C12H13F2NO3. The Balaban J connectivity index is 2.44. The third kappa shape index (κ3) is 2.43. The summed E-state index contributed by atoms with van der Waals surface area (Å²) < 4.78 is 29.0. The van der Waals surface area contributed by atoms with Crippen molar-refractivity contribution in [1.29, 1.82) is 0 Å². The average molecular weight is 257 g/mol. The van der Waals surface area contributed by atoms with E-state index < -0.39 is 18.6 Å². The summed E-state index contributed by atoms with van der Waals surface area (Å²) in [5.74, 6) is -0.973. The van der Waals surface area contributed by atoms with Gasteiger partial charge in [0.15, 0.2) is 0 Å². The normalized spacial score (nSPS) is 22.7. The number of carboxylic acid groups (broad SMARTS) is 1. The Morgan fingerprint density at radius 2 is 2.28 bits per heavy atom. The van der Waals surface area contributed by atoms with Crippen LogP contribution in [0.25, 0.3) is 0 Å². The standard InChI is InChI=1S/C12H13F2NO3/c1-6-5-8-7(10(15-6)11(16)17)3-2-4-9(8)18-12(13)14/h2-4,6,10,12,15H,5H2,1H3,(H,16,17). The molecule has 1 aromatic rings. The number of rotatable bonds is 3. The molecule has 2 N–H and O–H groups in total. The van der Waals surface area contributed by atoms with Gasteiger partial charge >= 0.3 is 12.6 Å². The Kier molecular flexibility index (Phi) is 3.47. The molecule has 0 aromatic heterocycles. The number of ether oxygens (including phenoxy) is 1. The van der Waals surface area contributed by atoms with Crippen molar-refractivity contribution in [3.63, 3.8) is 0 Å². The lowest BCUT2D eigenvalue weighted by Gasteiger charge is -2.30. The number of fused-ring (bicyclic) bond motifs is 1. The minimum atomic E-state index is -2.91.